The molecule has 3 fully saturated rings. The van der Waals surface area contributed by atoms with Crippen LogP contribution in [0.15, 0.2) is 79.1 Å². The van der Waals surface area contributed by atoms with E-state index in [1.54, 1.807) is 80.2 Å². The third kappa shape index (κ3) is 7.88. The zero-order chi connectivity index (χ0) is 34.5. The number of piperidine rings is 3. The first-order chi connectivity index (χ1) is 23.7. The van der Waals surface area contributed by atoms with Crippen molar-refractivity contribution >= 4 is 41.0 Å². The number of nitrogens with zero attached hydrogens (tertiary/aromatic N) is 2. The number of aromatic nitrogens is 1. The Morgan fingerprint density at radius 3 is 2.37 bits per heavy atom. The molecule has 0 unspecified atom stereocenters. The minimum atomic E-state index is -0.803. The monoisotopic (exact) mass is 706 g/mol. The number of phenolic OH excluding ortho intramolecular Hbond substituents is 1. The highest BCUT2D eigenvalue weighted by atomic mass is 35.5. The van der Waals surface area contributed by atoms with Crippen molar-refractivity contribution in [2.45, 2.75) is 38.0 Å². The summed E-state index contributed by atoms with van der Waals surface area (Å²) >= 11 is 13.0. The van der Waals surface area contributed by atoms with Crippen LogP contribution in [-0.4, -0.2) is 62.0 Å². The standard InChI is InChI=1S/C37H37Cl2N3O7/c1-46-32-11-10-25(17-34(32)47-2)33(18-27-28(38)19-40-20-29(27)39)48-36(44)26-7-5-6-23(16-26)21-42(30-8-3-4-9-31(30)43)37(45)49-35-22-41-14-12-24(35)13-15-41/h3-11,16-17,19-20,24,33,35,43H,12-15,18,21-22H2,1-2H3/p+1/t33-,35-/m0/s1. The quantitative estimate of drug-likeness (QED) is 0.168. The molecule has 3 saturated heterocycles. The van der Waals surface area contributed by atoms with Crippen LogP contribution in [0.5, 0.6) is 17.2 Å². The van der Waals surface area contributed by atoms with Gasteiger partial charge in [0.05, 0.1) is 32.0 Å². The van der Waals surface area contributed by atoms with Crippen molar-refractivity contribution in [1.82, 2.24) is 4.90 Å². The number of anilines is 1. The summed E-state index contributed by atoms with van der Waals surface area (Å²) in [5, 5.41) is 11.5. The number of aromatic amines is 1. The minimum Gasteiger partial charge on any atom is -0.506 e. The number of pyridine rings is 1. The lowest BCUT2D eigenvalue weighted by Gasteiger charge is -2.44. The van der Waals surface area contributed by atoms with Crippen LogP contribution < -0.4 is 19.4 Å². The predicted octanol–water partition coefficient (Wildman–Crippen LogP) is 6.91. The van der Waals surface area contributed by atoms with Gasteiger partial charge in [-0.1, -0.05) is 53.5 Å². The fraction of sp³-hybridized carbons (Fsp3) is 0.324. The smallest absolute Gasteiger partial charge is 0.415 e. The Morgan fingerprint density at radius 1 is 0.959 bits per heavy atom. The number of nitrogens with one attached hydrogen (secondary N) is 1. The van der Waals surface area contributed by atoms with Gasteiger partial charge in [-0.3, -0.25) is 9.80 Å². The molecular formula is C37H38Cl2N3O7+. The van der Waals surface area contributed by atoms with Crippen LogP contribution in [0.4, 0.5) is 10.5 Å². The van der Waals surface area contributed by atoms with E-state index in [0.29, 0.717) is 56.4 Å². The Balaban J connectivity index is 1.26. The third-order valence-corrected chi connectivity index (χ3v) is 9.83. The second-order valence-electron chi connectivity index (χ2n) is 12.2. The number of carbonyl (C=O) groups is 2. The number of fused-ring (bicyclic) bond motifs is 3. The highest BCUT2D eigenvalue weighted by Gasteiger charge is 2.38. The number of methoxy groups -OCH3 is 2. The number of para-hydroxylation sites is 2. The number of amides is 1. The maximum absolute atomic E-state index is 13.8. The number of esters is 1. The molecule has 0 aliphatic carbocycles. The van der Waals surface area contributed by atoms with Crippen molar-refractivity contribution in [3.05, 3.63) is 111 Å². The van der Waals surface area contributed by atoms with Gasteiger partial charge in [0.1, 0.15) is 28.0 Å². The molecule has 0 spiro atoms. The summed E-state index contributed by atoms with van der Waals surface area (Å²) < 4.78 is 23.1. The fourth-order valence-electron chi connectivity index (χ4n) is 6.49. The minimum absolute atomic E-state index is 0.0451. The molecule has 2 atom stereocenters. The van der Waals surface area contributed by atoms with Gasteiger partial charge in [0.2, 0.25) is 0 Å². The molecule has 10 nitrogen and oxygen atoms in total. The van der Waals surface area contributed by atoms with E-state index < -0.39 is 18.2 Å². The van der Waals surface area contributed by atoms with E-state index in [4.69, 9.17) is 42.1 Å². The molecule has 3 aliphatic heterocycles. The van der Waals surface area contributed by atoms with E-state index >= 15 is 0 Å². The molecule has 3 aromatic carbocycles. The van der Waals surface area contributed by atoms with Crippen LogP contribution in [0.25, 0.3) is 0 Å². The SMILES string of the molecule is COc1ccc([C@H](Cc2c(Cl)c[nH+]cc2Cl)OC(=O)c2cccc(CN(C(=O)O[C@H]3CN4CCC3CC4)c3ccccc3O)c2)cc1OC. The Hall–Kier alpha value is -4.51. The number of rotatable bonds is 11. The topological polar surface area (TPSA) is 112 Å². The normalized spacial score (nSPS) is 18.7. The Bertz CT molecular complexity index is 1790. The van der Waals surface area contributed by atoms with E-state index in [-0.39, 0.29) is 30.4 Å². The molecule has 49 heavy (non-hydrogen) atoms. The van der Waals surface area contributed by atoms with E-state index in [0.717, 1.165) is 25.9 Å². The van der Waals surface area contributed by atoms with E-state index in [9.17, 15) is 14.7 Å². The average molecular weight is 708 g/mol. The molecule has 2 bridgehead atoms. The van der Waals surface area contributed by atoms with Gasteiger partial charge in [-0.25, -0.2) is 14.6 Å². The van der Waals surface area contributed by atoms with Gasteiger partial charge in [-0.15, -0.1) is 0 Å². The summed E-state index contributed by atoms with van der Waals surface area (Å²) in [6.07, 6.45) is 3.80. The number of ether oxygens (including phenoxy) is 4. The van der Waals surface area contributed by atoms with Crippen molar-refractivity contribution in [3.63, 3.8) is 0 Å². The van der Waals surface area contributed by atoms with Crippen molar-refractivity contribution in [1.29, 1.82) is 0 Å². The summed E-state index contributed by atoms with van der Waals surface area (Å²) in [7, 11) is 3.07. The molecule has 1 aromatic heterocycles. The van der Waals surface area contributed by atoms with E-state index in [2.05, 4.69) is 9.88 Å². The van der Waals surface area contributed by atoms with Crippen LogP contribution in [0.3, 0.4) is 0 Å². The second kappa shape index (κ2) is 15.4. The number of aromatic hydroxyl groups is 1. The summed E-state index contributed by atoms with van der Waals surface area (Å²) in [5.41, 5.74) is 2.45. The Morgan fingerprint density at radius 2 is 1.69 bits per heavy atom. The molecule has 12 heteroatoms. The largest absolute Gasteiger partial charge is 0.506 e. The zero-order valence-corrected chi connectivity index (χ0v) is 28.7. The summed E-state index contributed by atoms with van der Waals surface area (Å²) in [4.78, 5) is 34.1. The summed E-state index contributed by atoms with van der Waals surface area (Å²) in [5.74, 6) is 0.653. The fourth-order valence-corrected chi connectivity index (χ4v) is 7.02. The van der Waals surface area contributed by atoms with Crippen molar-refractivity contribution < 1.29 is 38.6 Å². The molecule has 3 aliphatic rings. The predicted molar refractivity (Wildman–Crippen MR) is 185 cm³/mol. The van der Waals surface area contributed by atoms with Crippen molar-refractivity contribution in [2.75, 3.05) is 38.8 Å². The molecule has 4 aromatic rings. The first kappa shape index (κ1) is 34.4. The number of H-pyrrole nitrogens is 1. The highest BCUT2D eigenvalue weighted by Crippen LogP contribution is 2.36. The molecule has 4 heterocycles. The molecule has 0 saturated carbocycles. The van der Waals surface area contributed by atoms with Crippen LogP contribution in [-0.2, 0) is 22.4 Å². The van der Waals surface area contributed by atoms with Crippen LogP contribution in [0.1, 0.15) is 46.0 Å². The van der Waals surface area contributed by atoms with Crippen LogP contribution in [0, 0.1) is 5.92 Å². The third-order valence-electron chi connectivity index (χ3n) is 9.16. The molecular weight excluding hydrogens is 669 g/mol. The number of hydrogen-bond donors (Lipinski definition) is 1. The first-order valence-corrected chi connectivity index (χ1v) is 16.8. The number of hydrogen-bond acceptors (Lipinski definition) is 8. The molecule has 1 amide bonds. The van der Waals surface area contributed by atoms with Crippen LogP contribution >= 0.6 is 23.2 Å². The van der Waals surface area contributed by atoms with E-state index in [1.165, 1.54) is 18.1 Å². The Kier molecular flexibility index (Phi) is 10.8. The van der Waals surface area contributed by atoms with Gasteiger partial charge in [-0.2, -0.15) is 0 Å². The highest BCUT2D eigenvalue weighted by molar-refractivity contribution is 6.35. The van der Waals surface area contributed by atoms with Gasteiger partial charge in [0, 0.05) is 18.5 Å². The molecule has 0 radical (unpaired) electrons. The van der Waals surface area contributed by atoms with Crippen molar-refractivity contribution in [3.8, 4) is 17.2 Å². The van der Waals surface area contributed by atoms with Gasteiger partial charge in [0.15, 0.2) is 23.9 Å². The maximum Gasteiger partial charge on any atom is 0.415 e. The summed E-state index contributed by atoms with van der Waals surface area (Å²) in [6, 6.07) is 18.7. The number of benzene rings is 3. The molecule has 2 N–H and O–H groups in total. The van der Waals surface area contributed by atoms with E-state index in [1.807, 2.05) is 0 Å². The zero-order valence-electron chi connectivity index (χ0n) is 27.2. The lowest BCUT2D eigenvalue weighted by molar-refractivity contribution is -0.377. The maximum atomic E-state index is 13.8. The van der Waals surface area contributed by atoms with Gasteiger partial charge >= 0.3 is 12.1 Å². The first-order valence-electron chi connectivity index (χ1n) is 16.1. The van der Waals surface area contributed by atoms with Gasteiger partial charge in [-0.05, 0) is 79.4 Å². The summed E-state index contributed by atoms with van der Waals surface area (Å²) in [6.45, 7) is 2.78. The van der Waals surface area contributed by atoms with Gasteiger partial charge in [0.25, 0.3) is 0 Å². The number of halogens is 2. The molecule has 7 rings (SSSR count). The van der Waals surface area contributed by atoms with Crippen molar-refractivity contribution in [2.24, 2.45) is 5.92 Å². The lowest BCUT2D eigenvalue weighted by atomic mass is 9.86. The average Bonchev–Trinajstić information content (AvgIpc) is 3.12. The Labute approximate surface area is 295 Å². The lowest BCUT2D eigenvalue weighted by Crippen LogP contribution is -2.53. The second-order valence-corrected chi connectivity index (χ2v) is 13.0. The number of carbonyl (C=O) groups excluding carboxylic acids is 2. The van der Waals surface area contributed by atoms with Crippen LogP contribution in [0.2, 0.25) is 10.0 Å². The number of phenols is 1. The molecule has 256 valence electrons. The van der Waals surface area contributed by atoms with Gasteiger partial charge < -0.3 is 24.1 Å².